The van der Waals surface area contributed by atoms with Gasteiger partial charge in [0.25, 0.3) is 0 Å². The molecular formula is C14H16FN3. The van der Waals surface area contributed by atoms with E-state index in [1.165, 1.54) is 6.07 Å². The minimum absolute atomic E-state index is 0.310. The second-order valence-electron chi connectivity index (χ2n) is 4.28. The van der Waals surface area contributed by atoms with Crippen molar-refractivity contribution in [2.24, 2.45) is 0 Å². The van der Waals surface area contributed by atoms with E-state index in [-0.39, 0.29) is 5.82 Å². The van der Waals surface area contributed by atoms with Crippen molar-refractivity contribution in [2.75, 3.05) is 5.73 Å². The van der Waals surface area contributed by atoms with Crippen molar-refractivity contribution in [3.63, 3.8) is 0 Å². The number of aromatic nitrogens is 2. The Hall–Kier alpha value is -2.10. The molecule has 0 fully saturated rings. The van der Waals surface area contributed by atoms with Gasteiger partial charge in [-0.05, 0) is 26.0 Å². The number of halogens is 1. The van der Waals surface area contributed by atoms with Crippen LogP contribution in [0, 0.1) is 19.7 Å². The normalized spacial score (nSPS) is 10.6. The number of benzene rings is 1. The highest BCUT2D eigenvalue weighted by Gasteiger charge is 2.16. The Balaban J connectivity index is 2.61. The molecule has 0 bridgehead atoms. The number of anilines is 1. The molecule has 18 heavy (non-hydrogen) atoms. The van der Waals surface area contributed by atoms with Crippen LogP contribution in [0.2, 0.25) is 0 Å². The third kappa shape index (κ3) is 2.01. The number of allylic oxidation sites excluding steroid dienone is 1. The van der Waals surface area contributed by atoms with Crippen LogP contribution in [0.25, 0.3) is 11.3 Å². The quantitative estimate of drug-likeness (QED) is 0.844. The maximum absolute atomic E-state index is 13.8. The second kappa shape index (κ2) is 4.64. The standard InChI is InChI=1S/C14H16FN3/c1-4-7-18-10(3)17-13(14(18)16)11-8-9(2)5-6-12(11)15/h4-6,8H,1,7,16H2,2-3H3. The fraction of sp³-hybridized carbons (Fsp3) is 0.214. The molecule has 2 rings (SSSR count). The summed E-state index contributed by atoms with van der Waals surface area (Å²) < 4.78 is 15.6. The number of aryl methyl sites for hydroxylation is 2. The van der Waals surface area contributed by atoms with Gasteiger partial charge in [-0.15, -0.1) is 6.58 Å². The molecule has 4 heteroatoms. The van der Waals surface area contributed by atoms with Crippen LogP contribution in [0.4, 0.5) is 10.2 Å². The molecule has 0 aliphatic carbocycles. The summed E-state index contributed by atoms with van der Waals surface area (Å²) in [6.45, 7) is 7.99. The Labute approximate surface area is 106 Å². The van der Waals surface area contributed by atoms with Crippen molar-refractivity contribution < 1.29 is 4.39 Å². The molecule has 1 heterocycles. The number of nitrogens with zero attached hydrogens (tertiary/aromatic N) is 2. The van der Waals surface area contributed by atoms with E-state index in [1.807, 2.05) is 18.4 Å². The number of hydrogen-bond donors (Lipinski definition) is 1. The average Bonchev–Trinajstić information content (AvgIpc) is 2.61. The molecule has 0 atom stereocenters. The van der Waals surface area contributed by atoms with Gasteiger partial charge < -0.3 is 10.3 Å². The summed E-state index contributed by atoms with van der Waals surface area (Å²) in [5, 5.41) is 0. The third-order valence-electron chi connectivity index (χ3n) is 2.89. The fourth-order valence-corrected chi connectivity index (χ4v) is 1.96. The van der Waals surface area contributed by atoms with E-state index in [0.29, 0.717) is 23.6 Å². The summed E-state index contributed by atoms with van der Waals surface area (Å²) in [7, 11) is 0. The number of nitrogens with two attached hydrogens (primary N) is 1. The minimum Gasteiger partial charge on any atom is -0.383 e. The Morgan fingerprint density at radius 2 is 2.17 bits per heavy atom. The molecule has 0 unspecified atom stereocenters. The molecule has 2 N–H and O–H groups in total. The predicted octanol–water partition coefficient (Wildman–Crippen LogP) is 3.07. The van der Waals surface area contributed by atoms with Crippen molar-refractivity contribution in [3.05, 3.63) is 48.1 Å². The zero-order valence-corrected chi connectivity index (χ0v) is 10.6. The smallest absolute Gasteiger partial charge is 0.132 e. The maximum atomic E-state index is 13.8. The monoisotopic (exact) mass is 245 g/mol. The molecule has 3 nitrogen and oxygen atoms in total. The maximum Gasteiger partial charge on any atom is 0.132 e. The largest absolute Gasteiger partial charge is 0.383 e. The lowest BCUT2D eigenvalue weighted by molar-refractivity contribution is 0.630. The number of nitrogen functional groups attached to an aromatic ring is 1. The van der Waals surface area contributed by atoms with Crippen LogP contribution in [0.15, 0.2) is 30.9 Å². The van der Waals surface area contributed by atoms with Crippen LogP contribution in [-0.2, 0) is 6.54 Å². The summed E-state index contributed by atoms with van der Waals surface area (Å²) in [5.41, 5.74) is 7.94. The van der Waals surface area contributed by atoms with Gasteiger partial charge in [0.05, 0.1) is 0 Å². The molecule has 0 aliphatic rings. The van der Waals surface area contributed by atoms with Gasteiger partial charge in [-0.2, -0.15) is 0 Å². The summed E-state index contributed by atoms with van der Waals surface area (Å²) in [6.07, 6.45) is 1.74. The van der Waals surface area contributed by atoms with Gasteiger partial charge in [-0.3, -0.25) is 0 Å². The van der Waals surface area contributed by atoms with Gasteiger partial charge in [0.2, 0.25) is 0 Å². The number of rotatable bonds is 3. The molecule has 0 spiro atoms. The highest BCUT2D eigenvalue weighted by molar-refractivity contribution is 5.72. The van der Waals surface area contributed by atoms with E-state index in [1.54, 1.807) is 18.2 Å². The molecule has 1 aromatic carbocycles. The highest BCUT2D eigenvalue weighted by atomic mass is 19.1. The first-order valence-electron chi connectivity index (χ1n) is 5.74. The lowest BCUT2D eigenvalue weighted by atomic mass is 10.1. The lowest BCUT2D eigenvalue weighted by Gasteiger charge is -2.05. The summed E-state index contributed by atoms with van der Waals surface area (Å²) >= 11 is 0. The fourth-order valence-electron chi connectivity index (χ4n) is 1.96. The van der Waals surface area contributed by atoms with Crippen molar-refractivity contribution in [1.82, 2.24) is 9.55 Å². The zero-order chi connectivity index (χ0) is 13.3. The van der Waals surface area contributed by atoms with Crippen LogP contribution >= 0.6 is 0 Å². The second-order valence-corrected chi connectivity index (χ2v) is 4.28. The van der Waals surface area contributed by atoms with Gasteiger partial charge in [0.1, 0.15) is 23.2 Å². The van der Waals surface area contributed by atoms with E-state index in [4.69, 9.17) is 5.73 Å². The van der Waals surface area contributed by atoms with Crippen molar-refractivity contribution in [2.45, 2.75) is 20.4 Å². The molecular weight excluding hydrogens is 229 g/mol. The summed E-state index contributed by atoms with van der Waals surface area (Å²) in [5.74, 6) is 0.913. The Kier molecular flexibility index (Phi) is 3.19. The van der Waals surface area contributed by atoms with Crippen molar-refractivity contribution in [1.29, 1.82) is 0 Å². The van der Waals surface area contributed by atoms with Gasteiger partial charge in [0, 0.05) is 12.1 Å². The van der Waals surface area contributed by atoms with Crippen LogP contribution in [0.5, 0.6) is 0 Å². The third-order valence-corrected chi connectivity index (χ3v) is 2.89. The Morgan fingerprint density at radius 3 is 2.83 bits per heavy atom. The number of hydrogen-bond acceptors (Lipinski definition) is 2. The van der Waals surface area contributed by atoms with Gasteiger partial charge in [0.15, 0.2) is 0 Å². The summed E-state index contributed by atoms with van der Waals surface area (Å²) in [6, 6.07) is 4.92. The van der Waals surface area contributed by atoms with E-state index in [0.717, 1.165) is 11.4 Å². The molecule has 2 aromatic rings. The Morgan fingerprint density at radius 1 is 1.44 bits per heavy atom. The molecule has 0 radical (unpaired) electrons. The van der Waals surface area contributed by atoms with Crippen LogP contribution in [0.3, 0.4) is 0 Å². The van der Waals surface area contributed by atoms with Crippen molar-refractivity contribution in [3.8, 4) is 11.3 Å². The molecule has 1 aromatic heterocycles. The topological polar surface area (TPSA) is 43.8 Å². The van der Waals surface area contributed by atoms with Crippen LogP contribution in [0.1, 0.15) is 11.4 Å². The van der Waals surface area contributed by atoms with Gasteiger partial charge >= 0.3 is 0 Å². The van der Waals surface area contributed by atoms with Crippen LogP contribution in [-0.4, -0.2) is 9.55 Å². The van der Waals surface area contributed by atoms with E-state index >= 15 is 0 Å². The Bertz CT molecular complexity index is 599. The van der Waals surface area contributed by atoms with Gasteiger partial charge in [-0.1, -0.05) is 17.7 Å². The van der Waals surface area contributed by atoms with Crippen LogP contribution < -0.4 is 5.73 Å². The van der Waals surface area contributed by atoms with Crippen molar-refractivity contribution >= 4 is 5.82 Å². The lowest BCUT2D eigenvalue weighted by Crippen LogP contribution is -2.03. The highest BCUT2D eigenvalue weighted by Crippen LogP contribution is 2.29. The van der Waals surface area contributed by atoms with Gasteiger partial charge in [-0.25, -0.2) is 9.37 Å². The first kappa shape index (κ1) is 12.4. The molecule has 0 aliphatic heterocycles. The first-order chi connectivity index (χ1) is 8.54. The molecule has 94 valence electrons. The van der Waals surface area contributed by atoms with E-state index in [2.05, 4.69) is 11.6 Å². The van der Waals surface area contributed by atoms with E-state index < -0.39 is 0 Å². The average molecular weight is 245 g/mol. The summed E-state index contributed by atoms with van der Waals surface area (Å²) in [4.78, 5) is 4.35. The van der Waals surface area contributed by atoms with E-state index in [9.17, 15) is 4.39 Å². The molecule has 0 saturated heterocycles. The predicted molar refractivity (Wildman–Crippen MR) is 71.7 cm³/mol. The zero-order valence-electron chi connectivity index (χ0n) is 10.6. The SMILES string of the molecule is C=CCn1c(C)nc(-c2cc(C)ccc2F)c1N. The molecule has 0 amide bonds. The molecule has 0 saturated carbocycles. The minimum atomic E-state index is -0.310. The first-order valence-corrected chi connectivity index (χ1v) is 5.74. The number of imidazole rings is 1.